The lowest BCUT2D eigenvalue weighted by Crippen LogP contribution is -2.16. The molecule has 0 aliphatic heterocycles. The molecule has 0 bridgehead atoms. The zero-order chi connectivity index (χ0) is 9.52. The minimum absolute atomic E-state index is 0.461. The van der Waals surface area contributed by atoms with Crippen LogP contribution in [-0.2, 0) is 0 Å². The Bertz CT molecular complexity index is 114. The van der Waals surface area contributed by atoms with Crippen molar-refractivity contribution in [2.75, 3.05) is 0 Å². The highest BCUT2D eigenvalue weighted by atomic mass is 35.5. The molecule has 1 aliphatic rings. The Kier molecular flexibility index (Phi) is 5.86. The first-order valence-corrected chi connectivity index (χ1v) is 6.42. The molecule has 13 heavy (non-hydrogen) atoms. The maximum absolute atomic E-state index is 6.39. The van der Waals surface area contributed by atoms with Gasteiger partial charge in [-0.05, 0) is 25.2 Å². The van der Waals surface area contributed by atoms with Crippen LogP contribution in [0.3, 0.4) is 0 Å². The largest absolute Gasteiger partial charge is 0.123 e. The van der Waals surface area contributed by atoms with Crippen molar-refractivity contribution in [3.63, 3.8) is 0 Å². The van der Waals surface area contributed by atoms with Gasteiger partial charge < -0.3 is 0 Å². The summed E-state index contributed by atoms with van der Waals surface area (Å²) in [5.41, 5.74) is 0. The van der Waals surface area contributed by atoms with Crippen molar-refractivity contribution in [2.45, 2.75) is 70.1 Å². The fourth-order valence-corrected chi connectivity index (χ4v) is 2.83. The van der Waals surface area contributed by atoms with Crippen LogP contribution in [0.1, 0.15) is 64.7 Å². The number of rotatable bonds is 3. The summed E-state index contributed by atoms with van der Waals surface area (Å²) in [6, 6.07) is 0. The van der Waals surface area contributed by atoms with Gasteiger partial charge in [0.05, 0.1) is 0 Å². The standard InChI is InChI=1S/C12H23Cl/c1-2-8-12(13)11-9-6-4-3-5-7-10-11/h11-12H,2-10H2,1H3. The van der Waals surface area contributed by atoms with Gasteiger partial charge in [0.15, 0.2) is 0 Å². The molecule has 0 aromatic carbocycles. The molecule has 0 saturated heterocycles. The lowest BCUT2D eigenvalue weighted by molar-refractivity contribution is 0.356. The number of hydrogen-bond donors (Lipinski definition) is 0. The second kappa shape index (κ2) is 6.70. The van der Waals surface area contributed by atoms with Crippen LogP contribution in [0.2, 0.25) is 0 Å². The molecule has 1 aliphatic carbocycles. The van der Waals surface area contributed by atoms with E-state index < -0.39 is 0 Å². The molecule has 1 unspecified atom stereocenters. The maximum atomic E-state index is 6.39. The number of hydrogen-bond acceptors (Lipinski definition) is 0. The van der Waals surface area contributed by atoms with Crippen molar-refractivity contribution in [1.29, 1.82) is 0 Å². The summed E-state index contributed by atoms with van der Waals surface area (Å²) in [5, 5.41) is 0.461. The predicted octanol–water partition coefficient (Wildman–Crippen LogP) is 4.75. The zero-order valence-corrected chi connectivity index (χ0v) is 9.65. The molecule has 0 spiro atoms. The van der Waals surface area contributed by atoms with Crippen molar-refractivity contribution >= 4 is 11.6 Å². The van der Waals surface area contributed by atoms with Crippen molar-refractivity contribution in [3.05, 3.63) is 0 Å². The van der Waals surface area contributed by atoms with Gasteiger partial charge in [0.2, 0.25) is 0 Å². The third kappa shape index (κ3) is 4.35. The average Bonchev–Trinajstić information content (AvgIpc) is 2.03. The lowest BCUT2D eigenvalue weighted by atomic mass is 9.87. The first-order valence-electron chi connectivity index (χ1n) is 5.98. The molecular weight excluding hydrogens is 180 g/mol. The third-order valence-corrected chi connectivity index (χ3v) is 3.80. The van der Waals surface area contributed by atoms with Crippen LogP contribution < -0.4 is 0 Å². The van der Waals surface area contributed by atoms with E-state index >= 15 is 0 Å². The molecule has 0 amide bonds. The van der Waals surface area contributed by atoms with Crippen LogP contribution in [0.4, 0.5) is 0 Å². The Morgan fingerprint density at radius 3 is 2.15 bits per heavy atom. The van der Waals surface area contributed by atoms with Gasteiger partial charge in [-0.25, -0.2) is 0 Å². The van der Waals surface area contributed by atoms with E-state index in [1.807, 2.05) is 0 Å². The second-order valence-electron chi connectivity index (χ2n) is 4.41. The van der Waals surface area contributed by atoms with E-state index in [4.69, 9.17) is 11.6 Å². The zero-order valence-electron chi connectivity index (χ0n) is 8.90. The first kappa shape index (κ1) is 11.4. The number of alkyl halides is 1. The summed E-state index contributed by atoms with van der Waals surface area (Å²) in [7, 11) is 0. The smallest absolute Gasteiger partial charge is 0.0364 e. The summed E-state index contributed by atoms with van der Waals surface area (Å²) >= 11 is 6.39. The molecule has 1 fully saturated rings. The van der Waals surface area contributed by atoms with Gasteiger partial charge >= 0.3 is 0 Å². The van der Waals surface area contributed by atoms with Crippen LogP contribution in [0.5, 0.6) is 0 Å². The second-order valence-corrected chi connectivity index (χ2v) is 4.97. The molecule has 0 heterocycles. The molecule has 0 radical (unpaired) electrons. The van der Waals surface area contributed by atoms with Gasteiger partial charge in [-0.15, -0.1) is 11.6 Å². The highest BCUT2D eigenvalue weighted by Gasteiger charge is 2.18. The van der Waals surface area contributed by atoms with Crippen molar-refractivity contribution < 1.29 is 0 Å². The number of halogens is 1. The molecule has 0 N–H and O–H groups in total. The van der Waals surface area contributed by atoms with Gasteiger partial charge in [0.1, 0.15) is 0 Å². The summed E-state index contributed by atoms with van der Waals surface area (Å²) in [4.78, 5) is 0. The Hall–Kier alpha value is 0.290. The summed E-state index contributed by atoms with van der Waals surface area (Å²) in [6.07, 6.45) is 12.4. The van der Waals surface area contributed by atoms with Gasteiger partial charge in [-0.3, -0.25) is 0 Å². The molecule has 1 rings (SSSR count). The van der Waals surface area contributed by atoms with E-state index in [-0.39, 0.29) is 0 Å². The highest BCUT2D eigenvalue weighted by Crippen LogP contribution is 2.29. The SMILES string of the molecule is CCCC(Cl)C1CCCCCCC1. The topological polar surface area (TPSA) is 0 Å². The van der Waals surface area contributed by atoms with Crippen molar-refractivity contribution in [3.8, 4) is 0 Å². The molecule has 0 nitrogen and oxygen atoms in total. The molecular formula is C12H23Cl. The Balaban J connectivity index is 2.27. The molecule has 1 atom stereocenters. The molecule has 0 aromatic heterocycles. The minimum Gasteiger partial charge on any atom is -0.123 e. The fraction of sp³-hybridized carbons (Fsp3) is 1.00. The lowest BCUT2D eigenvalue weighted by Gasteiger charge is -2.23. The quantitative estimate of drug-likeness (QED) is 0.580. The fourth-order valence-electron chi connectivity index (χ4n) is 2.36. The van der Waals surface area contributed by atoms with E-state index in [1.165, 1.54) is 57.8 Å². The van der Waals surface area contributed by atoms with Crippen LogP contribution in [0, 0.1) is 5.92 Å². The van der Waals surface area contributed by atoms with Gasteiger partial charge in [-0.1, -0.05) is 45.4 Å². The monoisotopic (exact) mass is 202 g/mol. The third-order valence-electron chi connectivity index (χ3n) is 3.23. The summed E-state index contributed by atoms with van der Waals surface area (Å²) < 4.78 is 0. The Labute approximate surface area is 88.1 Å². The Morgan fingerprint density at radius 1 is 1.08 bits per heavy atom. The molecule has 0 aromatic rings. The van der Waals surface area contributed by atoms with Crippen LogP contribution >= 0.6 is 11.6 Å². The van der Waals surface area contributed by atoms with Crippen molar-refractivity contribution in [1.82, 2.24) is 0 Å². The van der Waals surface area contributed by atoms with Gasteiger partial charge in [0.25, 0.3) is 0 Å². The van der Waals surface area contributed by atoms with E-state index in [0.717, 1.165) is 5.92 Å². The van der Waals surface area contributed by atoms with E-state index in [1.54, 1.807) is 0 Å². The van der Waals surface area contributed by atoms with Crippen LogP contribution in [-0.4, -0.2) is 5.38 Å². The normalized spacial score (nSPS) is 23.5. The minimum atomic E-state index is 0.461. The van der Waals surface area contributed by atoms with E-state index in [9.17, 15) is 0 Å². The molecule has 1 heteroatoms. The van der Waals surface area contributed by atoms with Crippen LogP contribution in [0.15, 0.2) is 0 Å². The Morgan fingerprint density at radius 2 is 1.62 bits per heavy atom. The highest BCUT2D eigenvalue weighted by molar-refractivity contribution is 6.20. The predicted molar refractivity (Wildman–Crippen MR) is 60.4 cm³/mol. The first-order chi connectivity index (χ1) is 6.34. The van der Waals surface area contributed by atoms with Gasteiger partial charge in [-0.2, -0.15) is 0 Å². The molecule has 1 saturated carbocycles. The van der Waals surface area contributed by atoms with E-state index in [0.29, 0.717) is 5.38 Å². The van der Waals surface area contributed by atoms with Crippen molar-refractivity contribution in [2.24, 2.45) is 5.92 Å². The summed E-state index contributed by atoms with van der Waals surface area (Å²) in [5.74, 6) is 0.821. The average molecular weight is 203 g/mol. The van der Waals surface area contributed by atoms with E-state index in [2.05, 4.69) is 6.92 Å². The maximum Gasteiger partial charge on any atom is 0.0364 e. The van der Waals surface area contributed by atoms with Crippen LogP contribution in [0.25, 0.3) is 0 Å². The van der Waals surface area contributed by atoms with Gasteiger partial charge in [0, 0.05) is 5.38 Å². The molecule has 78 valence electrons. The summed E-state index contributed by atoms with van der Waals surface area (Å²) in [6.45, 7) is 2.23.